The van der Waals surface area contributed by atoms with E-state index in [1.54, 1.807) is 13.0 Å². The number of carbonyl (C=O) groups is 2. The molecule has 0 heterocycles. The Morgan fingerprint density at radius 1 is 1.04 bits per heavy atom. The minimum Gasteiger partial charge on any atom is -0.465 e. The van der Waals surface area contributed by atoms with Gasteiger partial charge in [-0.2, -0.15) is 0 Å². The van der Waals surface area contributed by atoms with Gasteiger partial charge in [-0.05, 0) is 49.1 Å². The van der Waals surface area contributed by atoms with Crippen molar-refractivity contribution in [1.29, 1.82) is 0 Å². The third-order valence-corrected chi connectivity index (χ3v) is 4.92. The lowest BCUT2D eigenvalue weighted by atomic mass is 9.75. The SMILES string of the molecule is CCOC(=O)[C@@](CC)(Cc1ccccc1)C(=O)/C=C/c1ccc(Br)cc1. The molecule has 0 aromatic heterocycles. The molecule has 26 heavy (non-hydrogen) atoms. The summed E-state index contributed by atoms with van der Waals surface area (Å²) in [5, 5.41) is 0. The first-order valence-electron chi connectivity index (χ1n) is 8.71. The first kappa shape index (κ1) is 20.1. The van der Waals surface area contributed by atoms with Crippen molar-refractivity contribution in [2.24, 2.45) is 5.41 Å². The Kier molecular flexibility index (Phi) is 7.34. The van der Waals surface area contributed by atoms with Gasteiger partial charge in [0, 0.05) is 4.47 Å². The topological polar surface area (TPSA) is 43.4 Å². The molecule has 2 aromatic carbocycles. The van der Waals surface area contributed by atoms with E-state index in [1.165, 1.54) is 6.08 Å². The highest BCUT2D eigenvalue weighted by molar-refractivity contribution is 9.10. The van der Waals surface area contributed by atoms with E-state index in [9.17, 15) is 9.59 Å². The molecule has 1 atom stereocenters. The second-order valence-corrected chi connectivity index (χ2v) is 6.98. The van der Waals surface area contributed by atoms with Crippen LogP contribution in [0.4, 0.5) is 0 Å². The van der Waals surface area contributed by atoms with Gasteiger partial charge in [0.05, 0.1) is 6.61 Å². The third kappa shape index (κ3) is 4.92. The van der Waals surface area contributed by atoms with Crippen LogP contribution in [-0.4, -0.2) is 18.4 Å². The van der Waals surface area contributed by atoms with Crippen molar-refractivity contribution < 1.29 is 14.3 Å². The molecule has 0 bridgehead atoms. The largest absolute Gasteiger partial charge is 0.465 e. The second-order valence-electron chi connectivity index (χ2n) is 6.07. The van der Waals surface area contributed by atoms with Gasteiger partial charge in [0.1, 0.15) is 5.41 Å². The molecular weight excluding hydrogens is 392 g/mol. The highest BCUT2D eigenvalue weighted by Crippen LogP contribution is 2.31. The molecule has 136 valence electrons. The van der Waals surface area contributed by atoms with E-state index in [2.05, 4.69) is 15.9 Å². The Balaban J connectivity index is 2.33. The molecular formula is C22H23BrO3. The number of carbonyl (C=O) groups excluding carboxylic acids is 2. The van der Waals surface area contributed by atoms with Crippen LogP contribution in [0.15, 0.2) is 65.1 Å². The summed E-state index contributed by atoms with van der Waals surface area (Å²) >= 11 is 3.39. The van der Waals surface area contributed by atoms with Crippen molar-refractivity contribution >= 4 is 33.8 Å². The van der Waals surface area contributed by atoms with Gasteiger partial charge in [0.25, 0.3) is 0 Å². The molecule has 0 saturated heterocycles. The Labute approximate surface area is 163 Å². The third-order valence-electron chi connectivity index (χ3n) is 4.39. The fourth-order valence-corrected chi connectivity index (χ4v) is 3.09. The van der Waals surface area contributed by atoms with E-state index in [4.69, 9.17) is 4.74 Å². The molecule has 0 amide bonds. The fraction of sp³-hybridized carbons (Fsp3) is 0.273. The maximum Gasteiger partial charge on any atom is 0.320 e. The maximum atomic E-state index is 13.1. The molecule has 3 nitrogen and oxygen atoms in total. The summed E-state index contributed by atoms with van der Waals surface area (Å²) < 4.78 is 6.23. The lowest BCUT2D eigenvalue weighted by Gasteiger charge is -2.28. The van der Waals surface area contributed by atoms with Crippen molar-refractivity contribution in [1.82, 2.24) is 0 Å². The fourth-order valence-electron chi connectivity index (χ4n) is 2.82. The van der Waals surface area contributed by atoms with Gasteiger partial charge in [-0.25, -0.2) is 0 Å². The number of rotatable bonds is 8. The van der Waals surface area contributed by atoms with Crippen LogP contribution in [0.3, 0.4) is 0 Å². The first-order chi connectivity index (χ1) is 12.5. The lowest BCUT2D eigenvalue weighted by Crippen LogP contribution is -2.41. The zero-order valence-electron chi connectivity index (χ0n) is 15.1. The Bertz CT molecular complexity index is 766. The van der Waals surface area contributed by atoms with Crippen LogP contribution in [0, 0.1) is 5.41 Å². The molecule has 4 heteroatoms. The van der Waals surface area contributed by atoms with Crippen LogP contribution in [0.1, 0.15) is 31.4 Å². The molecule has 0 aliphatic rings. The predicted molar refractivity (Wildman–Crippen MR) is 108 cm³/mol. The molecule has 2 aromatic rings. The van der Waals surface area contributed by atoms with Crippen molar-refractivity contribution in [2.45, 2.75) is 26.7 Å². The van der Waals surface area contributed by atoms with E-state index >= 15 is 0 Å². The number of esters is 1. The number of halogens is 1. The van der Waals surface area contributed by atoms with Crippen LogP contribution in [0.2, 0.25) is 0 Å². The molecule has 0 N–H and O–H groups in total. The normalized spacial score (nSPS) is 13.3. The zero-order valence-corrected chi connectivity index (χ0v) is 16.7. The quantitative estimate of drug-likeness (QED) is 0.337. The summed E-state index contributed by atoms with van der Waals surface area (Å²) in [6.45, 7) is 3.85. The molecule has 0 spiro atoms. The predicted octanol–water partition coefficient (Wildman–Crippen LogP) is 5.23. The van der Waals surface area contributed by atoms with Crippen molar-refractivity contribution in [3.8, 4) is 0 Å². The smallest absolute Gasteiger partial charge is 0.320 e. The second kappa shape index (κ2) is 9.48. The number of ketones is 1. The molecule has 0 aliphatic carbocycles. The van der Waals surface area contributed by atoms with Crippen LogP contribution in [-0.2, 0) is 20.7 Å². The van der Waals surface area contributed by atoms with E-state index < -0.39 is 11.4 Å². The minimum atomic E-state index is -1.21. The standard InChI is InChI=1S/C22H23BrO3/c1-3-22(21(25)26-4-2,16-18-8-6-5-7-9-18)20(24)15-12-17-10-13-19(23)14-11-17/h5-15H,3-4,16H2,1-2H3/b15-12+/t22-/m0/s1. The highest BCUT2D eigenvalue weighted by Gasteiger charge is 2.44. The molecule has 0 aliphatic heterocycles. The van der Waals surface area contributed by atoms with E-state index in [1.807, 2.05) is 61.5 Å². The van der Waals surface area contributed by atoms with E-state index in [0.717, 1.165) is 15.6 Å². The van der Waals surface area contributed by atoms with Gasteiger partial charge in [0.2, 0.25) is 0 Å². The highest BCUT2D eigenvalue weighted by atomic mass is 79.9. The molecule has 0 saturated carbocycles. The molecule has 2 rings (SSSR count). The van der Waals surface area contributed by atoms with Crippen LogP contribution >= 0.6 is 15.9 Å². The Morgan fingerprint density at radius 3 is 2.27 bits per heavy atom. The van der Waals surface area contributed by atoms with Gasteiger partial charge < -0.3 is 4.74 Å². The summed E-state index contributed by atoms with van der Waals surface area (Å²) in [4.78, 5) is 25.8. The summed E-state index contributed by atoms with van der Waals surface area (Å²) in [6, 6.07) is 17.2. The summed E-state index contributed by atoms with van der Waals surface area (Å²) in [5.41, 5.74) is 0.631. The number of benzene rings is 2. The van der Waals surface area contributed by atoms with Crippen molar-refractivity contribution in [3.63, 3.8) is 0 Å². The maximum absolute atomic E-state index is 13.1. The van der Waals surface area contributed by atoms with Gasteiger partial charge in [-0.15, -0.1) is 0 Å². The van der Waals surface area contributed by atoms with Crippen LogP contribution in [0.25, 0.3) is 6.08 Å². The average molecular weight is 415 g/mol. The van der Waals surface area contributed by atoms with Crippen molar-refractivity contribution in [2.75, 3.05) is 6.61 Å². The van der Waals surface area contributed by atoms with Gasteiger partial charge in [0.15, 0.2) is 5.78 Å². The average Bonchev–Trinajstić information content (AvgIpc) is 2.66. The van der Waals surface area contributed by atoms with Gasteiger partial charge in [-0.1, -0.05) is 71.4 Å². The number of hydrogen-bond acceptors (Lipinski definition) is 3. The molecule has 0 unspecified atom stereocenters. The van der Waals surface area contributed by atoms with Crippen LogP contribution < -0.4 is 0 Å². The molecule has 0 fully saturated rings. The lowest BCUT2D eigenvalue weighted by molar-refractivity contribution is -0.159. The zero-order chi connectivity index (χ0) is 19.0. The van der Waals surface area contributed by atoms with Gasteiger partial charge in [-0.3, -0.25) is 9.59 Å². The summed E-state index contributed by atoms with van der Waals surface area (Å²) in [5.74, 6) is -0.693. The van der Waals surface area contributed by atoms with E-state index in [0.29, 0.717) is 12.8 Å². The van der Waals surface area contributed by atoms with Crippen molar-refractivity contribution in [3.05, 3.63) is 76.3 Å². The molecule has 0 radical (unpaired) electrons. The Hall–Kier alpha value is -2.20. The number of allylic oxidation sites excluding steroid dienone is 1. The number of ether oxygens (including phenoxy) is 1. The monoisotopic (exact) mass is 414 g/mol. The first-order valence-corrected chi connectivity index (χ1v) is 9.50. The van der Waals surface area contributed by atoms with Crippen LogP contribution in [0.5, 0.6) is 0 Å². The minimum absolute atomic E-state index is 0.231. The summed E-state index contributed by atoms with van der Waals surface area (Å²) in [7, 11) is 0. The van der Waals surface area contributed by atoms with E-state index in [-0.39, 0.29) is 12.4 Å². The summed E-state index contributed by atoms with van der Waals surface area (Å²) in [6.07, 6.45) is 3.94. The number of hydrogen-bond donors (Lipinski definition) is 0. The van der Waals surface area contributed by atoms with Gasteiger partial charge >= 0.3 is 5.97 Å². The Morgan fingerprint density at radius 2 is 1.69 bits per heavy atom.